The minimum Gasteiger partial charge on any atom is -0.271 e. The first-order valence-corrected chi connectivity index (χ1v) is 6.03. The molecule has 1 aromatic rings. The lowest BCUT2D eigenvalue weighted by Crippen LogP contribution is -2.36. The largest absolute Gasteiger partial charge is 0.271 e. The summed E-state index contributed by atoms with van der Waals surface area (Å²) in [6.07, 6.45) is 6.88. The second-order valence-electron chi connectivity index (χ2n) is 4.95. The minimum absolute atomic E-state index is 0.187. The molecule has 1 saturated carbocycles. The summed E-state index contributed by atoms with van der Waals surface area (Å²) in [5, 5.41) is 7.88. The van der Waals surface area contributed by atoms with Crippen LogP contribution < -0.4 is 11.3 Å². The van der Waals surface area contributed by atoms with Gasteiger partial charge < -0.3 is 0 Å². The molecular weight excluding hydrogens is 202 g/mol. The Hall–Kier alpha value is -0.940. The fraction of sp³-hybridized carbons (Fsp3) is 0.818. The third kappa shape index (κ3) is 2.25. The van der Waals surface area contributed by atoms with Crippen molar-refractivity contribution < 1.29 is 0 Å². The SMILES string of the molecule is CC1CCC(C(NN)c2cnnn2C)CC1. The Bertz CT molecular complexity index is 327. The Kier molecular flexibility index (Phi) is 3.56. The number of rotatable bonds is 3. The fourth-order valence-corrected chi connectivity index (χ4v) is 2.66. The summed E-state index contributed by atoms with van der Waals surface area (Å²) in [5.41, 5.74) is 4.01. The van der Waals surface area contributed by atoms with Gasteiger partial charge in [0.25, 0.3) is 0 Å². The molecule has 0 spiro atoms. The number of hydrogen-bond donors (Lipinski definition) is 2. The molecule has 1 unspecified atom stereocenters. The van der Waals surface area contributed by atoms with Crippen LogP contribution >= 0.6 is 0 Å². The zero-order chi connectivity index (χ0) is 11.5. The maximum atomic E-state index is 5.68. The van der Waals surface area contributed by atoms with Crippen LogP contribution in [0.25, 0.3) is 0 Å². The van der Waals surface area contributed by atoms with Crippen molar-refractivity contribution in [1.29, 1.82) is 0 Å². The van der Waals surface area contributed by atoms with Crippen molar-refractivity contribution in [2.75, 3.05) is 0 Å². The first kappa shape index (κ1) is 11.5. The lowest BCUT2D eigenvalue weighted by Gasteiger charge is -2.32. The molecule has 5 nitrogen and oxygen atoms in total. The van der Waals surface area contributed by atoms with E-state index in [1.54, 1.807) is 0 Å². The van der Waals surface area contributed by atoms with Crippen LogP contribution in [0.3, 0.4) is 0 Å². The summed E-state index contributed by atoms with van der Waals surface area (Å²) in [6.45, 7) is 2.33. The molecule has 0 bridgehead atoms. The van der Waals surface area contributed by atoms with Crippen molar-refractivity contribution >= 4 is 0 Å². The van der Waals surface area contributed by atoms with Gasteiger partial charge in [-0.1, -0.05) is 25.0 Å². The average molecular weight is 223 g/mol. The topological polar surface area (TPSA) is 68.8 Å². The number of nitrogens with two attached hydrogens (primary N) is 1. The zero-order valence-electron chi connectivity index (χ0n) is 10.1. The van der Waals surface area contributed by atoms with Crippen LogP contribution in [0.5, 0.6) is 0 Å². The van der Waals surface area contributed by atoms with Gasteiger partial charge >= 0.3 is 0 Å². The zero-order valence-corrected chi connectivity index (χ0v) is 10.1. The van der Waals surface area contributed by atoms with Crippen LogP contribution in [0.1, 0.15) is 44.3 Å². The van der Waals surface area contributed by atoms with E-state index in [1.807, 2.05) is 17.9 Å². The van der Waals surface area contributed by atoms with Gasteiger partial charge in [-0.25, -0.2) is 0 Å². The number of hydrogen-bond acceptors (Lipinski definition) is 4. The predicted octanol–water partition coefficient (Wildman–Crippen LogP) is 1.15. The number of aromatic nitrogens is 3. The van der Waals surface area contributed by atoms with Gasteiger partial charge in [0.1, 0.15) is 0 Å². The number of nitrogens with one attached hydrogen (secondary N) is 1. The van der Waals surface area contributed by atoms with E-state index in [1.165, 1.54) is 25.7 Å². The molecule has 3 N–H and O–H groups in total. The molecule has 2 rings (SSSR count). The Labute approximate surface area is 96.4 Å². The monoisotopic (exact) mass is 223 g/mol. The van der Waals surface area contributed by atoms with Crippen molar-refractivity contribution in [1.82, 2.24) is 20.4 Å². The summed E-state index contributed by atoms with van der Waals surface area (Å²) in [7, 11) is 1.91. The first-order chi connectivity index (χ1) is 7.72. The Morgan fingerprint density at radius 3 is 2.62 bits per heavy atom. The van der Waals surface area contributed by atoms with Crippen molar-refractivity contribution in [3.63, 3.8) is 0 Å². The van der Waals surface area contributed by atoms with Crippen LogP contribution in [0.4, 0.5) is 0 Å². The van der Waals surface area contributed by atoms with Crippen molar-refractivity contribution in [2.24, 2.45) is 24.7 Å². The van der Waals surface area contributed by atoms with Gasteiger partial charge in [-0.15, -0.1) is 5.10 Å². The maximum absolute atomic E-state index is 5.68. The summed E-state index contributed by atoms with van der Waals surface area (Å²) in [5.74, 6) is 7.15. The second-order valence-corrected chi connectivity index (χ2v) is 4.95. The lowest BCUT2D eigenvalue weighted by molar-refractivity contribution is 0.226. The quantitative estimate of drug-likeness (QED) is 0.595. The highest BCUT2D eigenvalue weighted by Gasteiger charge is 2.28. The van der Waals surface area contributed by atoms with Gasteiger partial charge in [0.05, 0.1) is 17.9 Å². The number of hydrazine groups is 1. The van der Waals surface area contributed by atoms with Crippen LogP contribution in [0, 0.1) is 11.8 Å². The van der Waals surface area contributed by atoms with Crippen LogP contribution in [0.2, 0.25) is 0 Å². The number of nitrogens with zero attached hydrogens (tertiary/aromatic N) is 3. The van der Waals surface area contributed by atoms with Gasteiger partial charge in [-0.3, -0.25) is 16.0 Å². The van der Waals surface area contributed by atoms with E-state index >= 15 is 0 Å². The highest BCUT2D eigenvalue weighted by atomic mass is 15.4. The highest BCUT2D eigenvalue weighted by Crippen LogP contribution is 2.35. The second kappa shape index (κ2) is 4.93. The van der Waals surface area contributed by atoms with E-state index in [0.29, 0.717) is 5.92 Å². The summed E-state index contributed by atoms with van der Waals surface area (Å²) in [6, 6.07) is 0.187. The standard InChI is InChI=1S/C11H21N5/c1-8-3-5-9(6-4-8)11(14-12)10-7-13-15-16(10)2/h7-9,11,14H,3-6,12H2,1-2H3. The van der Waals surface area contributed by atoms with Crippen LogP contribution in [0.15, 0.2) is 6.20 Å². The molecular formula is C11H21N5. The molecule has 90 valence electrons. The molecule has 5 heteroatoms. The Morgan fingerprint density at radius 2 is 2.12 bits per heavy atom. The van der Waals surface area contributed by atoms with E-state index in [0.717, 1.165) is 11.6 Å². The maximum Gasteiger partial charge on any atom is 0.0769 e. The Morgan fingerprint density at radius 1 is 1.44 bits per heavy atom. The summed E-state index contributed by atoms with van der Waals surface area (Å²) in [4.78, 5) is 0. The van der Waals surface area contributed by atoms with Crippen molar-refractivity contribution in [2.45, 2.75) is 38.6 Å². The molecule has 0 radical (unpaired) electrons. The highest BCUT2D eigenvalue weighted by molar-refractivity contribution is 5.04. The predicted molar refractivity (Wildman–Crippen MR) is 62.2 cm³/mol. The van der Waals surface area contributed by atoms with E-state index in [2.05, 4.69) is 22.7 Å². The third-order valence-corrected chi connectivity index (χ3v) is 3.78. The molecule has 1 aliphatic carbocycles. The fourth-order valence-electron chi connectivity index (χ4n) is 2.66. The van der Waals surface area contributed by atoms with E-state index < -0.39 is 0 Å². The minimum atomic E-state index is 0.187. The molecule has 1 fully saturated rings. The molecule has 16 heavy (non-hydrogen) atoms. The molecule has 1 atom stereocenters. The molecule has 0 amide bonds. The van der Waals surface area contributed by atoms with Crippen LogP contribution in [-0.4, -0.2) is 15.0 Å². The normalized spacial score (nSPS) is 27.9. The van der Waals surface area contributed by atoms with Gasteiger partial charge in [0, 0.05) is 7.05 Å². The molecule has 0 aromatic carbocycles. The third-order valence-electron chi connectivity index (χ3n) is 3.78. The van der Waals surface area contributed by atoms with Gasteiger partial charge in [-0.2, -0.15) is 0 Å². The van der Waals surface area contributed by atoms with E-state index in [-0.39, 0.29) is 6.04 Å². The molecule has 0 saturated heterocycles. The Balaban J connectivity index is 2.08. The summed E-state index contributed by atoms with van der Waals surface area (Å²) >= 11 is 0. The molecule has 1 aliphatic rings. The first-order valence-electron chi connectivity index (χ1n) is 6.03. The van der Waals surface area contributed by atoms with E-state index in [4.69, 9.17) is 5.84 Å². The van der Waals surface area contributed by atoms with Gasteiger partial charge in [0.2, 0.25) is 0 Å². The van der Waals surface area contributed by atoms with Crippen molar-refractivity contribution in [3.05, 3.63) is 11.9 Å². The summed E-state index contributed by atoms with van der Waals surface area (Å²) < 4.78 is 1.81. The van der Waals surface area contributed by atoms with Gasteiger partial charge in [0.15, 0.2) is 0 Å². The van der Waals surface area contributed by atoms with Crippen LogP contribution in [-0.2, 0) is 7.05 Å². The average Bonchev–Trinajstić information content (AvgIpc) is 2.69. The molecule has 1 heterocycles. The van der Waals surface area contributed by atoms with Crippen molar-refractivity contribution in [3.8, 4) is 0 Å². The van der Waals surface area contributed by atoms with Gasteiger partial charge in [-0.05, 0) is 24.7 Å². The molecule has 0 aliphatic heterocycles. The number of aryl methyl sites for hydroxylation is 1. The smallest absolute Gasteiger partial charge is 0.0769 e. The molecule has 1 aromatic heterocycles. The van der Waals surface area contributed by atoms with E-state index in [9.17, 15) is 0 Å². The lowest BCUT2D eigenvalue weighted by atomic mass is 9.78.